The molecule has 0 unspecified atom stereocenters. The molecule has 0 aliphatic heterocycles. The van der Waals surface area contributed by atoms with E-state index in [0.29, 0.717) is 0 Å². The summed E-state index contributed by atoms with van der Waals surface area (Å²) in [5.74, 6) is 0. The first-order valence-corrected chi connectivity index (χ1v) is 4.45. The topological polar surface area (TPSA) is 41.8 Å². The van der Waals surface area contributed by atoms with Gasteiger partial charge in [0, 0.05) is 16.8 Å². The number of aromatic nitrogens is 1. The highest BCUT2D eigenvalue weighted by Gasteiger charge is 2.08. The van der Waals surface area contributed by atoms with E-state index >= 15 is 0 Å². The zero-order valence-electron chi connectivity index (χ0n) is 8.64. The van der Waals surface area contributed by atoms with Crippen LogP contribution in [-0.4, -0.2) is 4.98 Å². The fourth-order valence-corrected chi connectivity index (χ4v) is 1.76. The Morgan fingerprint density at radius 3 is 2.36 bits per heavy atom. The molecule has 3 N–H and O–H groups in total. The lowest BCUT2D eigenvalue weighted by atomic mass is 10.1. The van der Waals surface area contributed by atoms with E-state index in [1.54, 1.807) is 0 Å². The molecule has 0 atom stereocenters. The van der Waals surface area contributed by atoms with Crippen LogP contribution in [0, 0.1) is 20.8 Å². The zero-order valence-corrected chi connectivity index (χ0v) is 9.46. The fraction of sp³-hybridized carbons (Fsp3) is 0.273. The average Bonchev–Trinajstić information content (AvgIpc) is 2.38. The Bertz CT molecular complexity index is 472. The largest absolute Gasteiger partial charge is 0.398 e. The molecule has 2 nitrogen and oxygen atoms in total. The normalized spacial score (nSPS) is 10.2. The van der Waals surface area contributed by atoms with Crippen LogP contribution in [0.3, 0.4) is 0 Å². The van der Waals surface area contributed by atoms with Gasteiger partial charge in [-0.3, -0.25) is 0 Å². The Hall–Kier alpha value is -1.15. The number of aromatic amines is 1. The van der Waals surface area contributed by atoms with Crippen molar-refractivity contribution in [2.24, 2.45) is 0 Å². The smallest absolute Gasteiger partial charge is 0.0509 e. The summed E-state index contributed by atoms with van der Waals surface area (Å²) >= 11 is 0. The highest BCUT2D eigenvalue weighted by Crippen LogP contribution is 2.28. The third-order valence-electron chi connectivity index (χ3n) is 2.70. The van der Waals surface area contributed by atoms with Crippen LogP contribution in [0.15, 0.2) is 12.1 Å². The Balaban J connectivity index is 0.000000980. The predicted octanol–water partition coefficient (Wildman–Crippen LogP) is 3.10. The number of hydrogen-bond donors (Lipinski definition) is 2. The van der Waals surface area contributed by atoms with Crippen molar-refractivity contribution >= 4 is 29.0 Å². The number of hydrogen-bond acceptors (Lipinski definition) is 1. The summed E-state index contributed by atoms with van der Waals surface area (Å²) in [6.07, 6.45) is 0. The SMILES string of the molecule is Cc1[nH]c2c(C)ccc(N)c2c1C.Cl. The molecule has 0 saturated carbocycles. The lowest BCUT2D eigenvalue weighted by Gasteiger charge is -2.00. The molecule has 76 valence electrons. The van der Waals surface area contributed by atoms with Crippen LogP contribution in [-0.2, 0) is 0 Å². The third-order valence-corrected chi connectivity index (χ3v) is 2.70. The summed E-state index contributed by atoms with van der Waals surface area (Å²) in [7, 11) is 0. The van der Waals surface area contributed by atoms with Crippen molar-refractivity contribution in [2.45, 2.75) is 20.8 Å². The summed E-state index contributed by atoms with van der Waals surface area (Å²) in [5.41, 5.74) is 11.7. The fourth-order valence-electron chi connectivity index (χ4n) is 1.76. The van der Waals surface area contributed by atoms with Crippen LogP contribution in [0.25, 0.3) is 10.9 Å². The summed E-state index contributed by atoms with van der Waals surface area (Å²) < 4.78 is 0. The molecule has 1 heterocycles. The van der Waals surface area contributed by atoms with Gasteiger partial charge in [0.1, 0.15) is 0 Å². The molecule has 1 aromatic carbocycles. The summed E-state index contributed by atoms with van der Waals surface area (Å²) in [6.45, 7) is 6.27. The van der Waals surface area contributed by atoms with Gasteiger partial charge in [-0.05, 0) is 38.0 Å². The van der Waals surface area contributed by atoms with Gasteiger partial charge in [-0.2, -0.15) is 0 Å². The van der Waals surface area contributed by atoms with Crippen LogP contribution in [0.1, 0.15) is 16.8 Å². The predicted molar refractivity (Wildman–Crippen MR) is 64.2 cm³/mol. The van der Waals surface area contributed by atoms with Crippen molar-refractivity contribution in [3.8, 4) is 0 Å². The first kappa shape index (κ1) is 10.9. The number of fused-ring (bicyclic) bond motifs is 1. The highest BCUT2D eigenvalue weighted by molar-refractivity contribution is 5.96. The van der Waals surface area contributed by atoms with Crippen molar-refractivity contribution in [1.82, 2.24) is 4.98 Å². The minimum absolute atomic E-state index is 0. The quantitative estimate of drug-likeness (QED) is 0.645. The van der Waals surface area contributed by atoms with Crippen molar-refractivity contribution in [2.75, 3.05) is 5.73 Å². The van der Waals surface area contributed by atoms with E-state index in [4.69, 9.17) is 5.73 Å². The van der Waals surface area contributed by atoms with E-state index in [1.807, 2.05) is 12.1 Å². The van der Waals surface area contributed by atoms with Gasteiger partial charge in [0.05, 0.1) is 5.52 Å². The van der Waals surface area contributed by atoms with E-state index in [2.05, 4.69) is 25.8 Å². The van der Waals surface area contributed by atoms with Gasteiger partial charge in [0.15, 0.2) is 0 Å². The molecule has 0 bridgehead atoms. The molecule has 3 heteroatoms. The van der Waals surface area contributed by atoms with Crippen molar-refractivity contribution in [3.05, 3.63) is 29.0 Å². The summed E-state index contributed by atoms with van der Waals surface area (Å²) in [4.78, 5) is 3.36. The first-order chi connectivity index (χ1) is 6.11. The zero-order chi connectivity index (χ0) is 9.59. The molecular weight excluding hydrogens is 196 g/mol. The van der Waals surface area contributed by atoms with E-state index in [9.17, 15) is 0 Å². The molecule has 0 fully saturated rings. The third kappa shape index (κ3) is 1.36. The molecule has 0 aliphatic rings. The number of nitrogen functional groups attached to an aromatic ring is 1. The monoisotopic (exact) mass is 210 g/mol. The Kier molecular flexibility index (Phi) is 2.76. The van der Waals surface area contributed by atoms with Gasteiger partial charge in [-0.25, -0.2) is 0 Å². The maximum atomic E-state index is 5.92. The average molecular weight is 211 g/mol. The van der Waals surface area contributed by atoms with Gasteiger partial charge in [0.25, 0.3) is 0 Å². The van der Waals surface area contributed by atoms with Gasteiger partial charge in [0.2, 0.25) is 0 Å². The van der Waals surface area contributed by atoms with E-state index < -0.39 is 0 Å². The van der Waals surface area contributed by atoms with E-state index in [0.717, 1.165) is 5.69 Å². The second-order valence-corrected chi connectivity index (χ2v) is 3.60. The number of nitrogens with one attached hydrogen (secondary N) is 1. The van der Waals surface area contributed by atoms with E-state index in [-0.39, 0.29) is 12.4 Å². The number of benzene rings is 1. The number of aryl methyl sites for hydroxylation is 3. The highest BCUT2D eigenvalue weighted by atomic mass is 35.5. The second-order valence-electron chi connectivity index (χ2n) is 3.60. The molecule has 0 aliphatic carbocycles. The van der Waals surface area contributed by atoms with Gasteiger partial charge < -0.3 is 10.7 Å². The van der Waals surface area contributed by atoms with Gasteiger partial charge in [-0.15, -0.1) is 12.4 Å². The van der Waals surface area contributed by atoms with Crippen LogP contribution in [0.2, 0.25) is 0 Å². The lowest BCUT2D eigenvalue weighted by molar-refractivity contribution is 1.25. The van der Waals surface area contributed by atoms with Crippen molar-refractivity contribution < 1.29 is 0 Å². The molecule has 0 saturated heterocycles. The number of halogens is 1. The van der Waals surface area contributed by atoms with E-state index in [1.165, 1.54) is 27.7 Å². The molecule has 0 amide bonds. The summed E-state index contributed by atoms with van der Waals surface area (Å²) in [5, 5.41) is 1.18. The standard InChI is InChI=1S/C11H14N2.ClH/c1-6-4-5-9(12)10-7(2)8(3)13-11(6)10;/h4-5,13H,12H2,1-3H3;1H. The minimum Gasteiger partial charge on any atom is -0.398 e. The van der Waals surface area contributed by atoms with Crippen molar-refractivity contribution in [3.63, 3.8) is 0 Å². The van der Waals surface area contributed by atoms with Crippen LogP contribution in [0.4, 0.5) is 5.69 Å². The Morgan fingerprint density at radius 2 is 1.79 bits per heavy atom. The van der Waals surface area contributed by atoms with Gasteiger partial charge in [-0.1, -0.05) is 6.07 Å². The first-order valence-electron chi connectivity index (χ1n) is 4.45. The van der Waals surface area contributed by atoms with Crippen LogP contribution < -0.4 is 5.73 Å². The summed E-state index contributed by atoms with van der Waals surface area (Å²) in [6, 6.07) is 4.02. The van der Waals surface area contributed by atoms with Crippen LogP contribution in [0.5, 0.6) is 0 Å². The minimum atomic E-state index is 0. The number of nitrogens with two attached hydrogens (primary N) is 1. The number of anilines is 1. The maximum Gasteiger partial charge on any atom is 0.0509 e. The molecule has 2 rings (SSSR count). The number of H-pyrrole nitrogens is 1. The van der Waals surface area contributed by atoms with Gasteiger partial charge >= 0.3 is 0 Å². The lowest BCUT2D eigenvalue weighted by Crippen LogP contribution is -1.87. The Morgan fingerprint density at radius 1 is 1.14 bits per heavy atom. The van der Waals surface area contributed by atoms with Crippen LogP contribution >= 0.6 is 12.4 Å². The molecule has 0 spiro atoms. The molecule has 14 heavy (non-hydrogen) atoms. The second kappa shape index (κ2) is 3.54. The number of rotatable bonds is 0. The molecule has 2 aromatic rings. The van der Waals surface area contributed by atoms with Crippen molar-refractivity contribution in [1.29, 1.82) is 0 Å². The molecular formula is C11H15ClN2. The maximum absolute atomic E-state index is 5.92. The molecule has 1 aromatic heterocycles. The molecule has 0 radical (unpaired) electrons. The Labute approximate surface area is 89.9 Å².